The predicted molar refractivity (Wildman–Crippen MR) is 134 cm³/mol. The maximum Gasteiger partial charge on any atom is 0.287 e. The molecule has 6 rings (SSSR count). The lowest BCUT2D eigenvalue weighted by atomic mass is 9.71. The number of hydrogen-bond donors (Lipinski definition) is 0. The molecule has 2 aliphatic rings. The van der Waals surface area contributed by atoms with E-state index in [2.05, 4.69) is 86.8 Å². The van der Waals surface area contributed by atoms with Gasteiger partial charge in [-0.15, -0.1) is 0 Å². The molecule has 1 aliphatic carbocycles. The molecular formula is C29H32N3+. The van der Waals surface area contributed by atoms with Gasteiger partial charge in [-0.05, 0) is 89.0 Å². The highest BCUT2D eigenvalue weighted by molar-refractivity contribution is 6.12. The van der Waals surface area contributed by atoms with Crippen molar-refractivity contribution in [2.75, 3.05) is 11.9 Å². The summed E-state index contributed by atoms with van der Waals surface area (Å²) in [5.74, 6) is 0.635. The third-order valence-electron chi connectivity index (χ3n) is 8.14. The molecule has 0 radical (unpaired) electrons. The van der Waals surface area contributed by atoms with Crippen molar-refractivity contribution in [3.63, 3.8) is 0 Å². The first-order valence-corrected chi connectivity index (χ1v) is 11.9. The largest absolute Gasteiger partial charge is 0.343 e. The topological polar surface area (TPSA) is 20.0 Å². The highest BCUT2D eigenvalue weighted by atomic mass is 15.1. The zero-order valence-electron chi connectivity index (χ0n) is 19.9. The summed E-state index contributed by atoms with van der Waals surface area (Å²) in [5.41, 5.74) is 9.62. The van der Waals surface area contributed by atoms with Crippen molar-refractivity contribution >= 4 is 33.1 Å². The summed E-state index contributed by atoms with van der Waals surface area (Å²) >= 11 is 0. The van der Waals surface area contributed by atoms with Crippen LogP contribution in [0.25, 0.3) is 32.9 Å². The summed E-state index contributed by atoms with van der Waals surface area (Å²) in [6.07, 6.45) is 7.15. The standard InChI is InChI=1S/C29H32N3/c1-18-22-9-7-6-8-20(22)15-24-26(18)28-27-23(30-17-31(28)4)14-21(16-25(27)32(24)5)19-10-12-29(2,3)13-11-19/h6-9,14-17,19H,10-13H2,1-5H3/q+1. The van der Waals surface area contributed by atoms with Gasteiger partial charge >= 0.3 is 0 Å². The number of aromatic nitrogens is 2. The molecule has 1 aromatic heterocycles. The number of fused-ring (bicyclic) bond motifs is 3. The summed E-state index contributed by atoms with van der Waals surface area (Å²) in [7, 11) is 4.36. The Morgan fingerprint density at radius 3 is 2.56 bits per heavy atom. The molecular weight excluding hydrogens is 390 g/mol. The van der Waals surface area contributed by atoms with Crippen molar-refractivity contribution in [2.24, 2.45) is 12.5 Å². The van der Waals surface area contributed by atoms with Gasteiger partial charge in [-0.3, -0.25) is 0 Å². The first-order chi connectivity index (χ1) is 15.3. The SMILES string of the molecule is Cc1c2c(cc3ccccc13)N(C)c1cc(C3CCC(C)(C)CC3)cc3nc[n+](C)c-2c13. The van der Waals surface area contributed by atoms with Gasteiger partial charge in [0.15, 0.2) is 5.52 Å². The molecule has 3 aromatic carbocycles. The fourth-order valence-electron chi connectivity index (χ4n) is 6.10. The minimum Gasteiger partial charge on any atom is -0.343 e. The maximum atomic E-state index is 4.90. The number of hydrogen-bond acceptors (Lipinski definition) is 2. The van der Waals surface area contributed by atoms with Crippen molar-refractivity contribution in [1.82, 2.24) is 4.98 Å². The van der Waals surface area contributed by atoms with Crippen LogP contribution in [0.5, 0.6) is 0 Å². The molecule has 3 heteroatoms. The van der Waals surface area contributed by atoms with Gasteiger partial charge in [0.05, 0.1) is 23.8 Å². The zero-order valence-corrected chi connectivity index (χ0v) is 19.9. The van der Waals surface area contributed by atoms with Crippen LogP contribution in [0.2, 0.25) is 0 Å². The average Bonchev–Trinajstić information content (AvgIpc) is 2.78. The molecule has 3 nitrogen and oxygen atoms in total. The predicted octanol–water partition coefficient (Wildman–Crippen LogP) is 6.95. The third-order valence-corrected chi connectivity index (χ3v) is 8.14. The molecule has 1 fully saturated rings. The summed E-state index contributed by atoms with van der Waals surface area (Å²) in [6, 6.07) is 16.0. The van der Waals surface area contributed by atoms with E-state index in [0.29, 0.717) is 11.3 Å². The van der Waals surface area contributed by atoms with Crippen LogP contribution in [0.4, 0.5) is 11.4 Å². The van der Waals surface area contributed by atoms with E-state index >= 15 is 0 Å². The first-order valence-electron chi connectivity index (χ1n) is 11.9. The Bertz CT molecular complexity index is 1390. The minimum atomic E-state index is 0.481. The smallest absolute Gasteiger partial charge is 0.287 e. The van der Waals surface area contributed by atoms with Crippen LogP contribution in [0, 0.1) is 12.3 Å². The third kappa shape index (κ3) is 2.80. The molecule has 0 spiro atoms. The van der Waals surface area contributed by atoms with Gasteiger partial charge in [0.2, 0.25) is 0 Å². The molecule has 0 unspecified atom stereocenters. The second-order valence-corrected chi connectivity index (χ2v) is 10.8. The Kier molecular flexibility index (Phi) is 4.18. The Morgan fingerprint density at radius 2 is 1.78 bits per heavy atom. The van der Waals surface area contributed by atoms with Crippen LogP contribution >= 0.6 is 0 Å². The molecule has 4 aromatic rings. The average molecular weight is 423 g/mol. The van der Waals surface area contributed by atoms with Crippen LogP contribution in [-0.2, 0) is 7.05 Å². The number of nitrogens with zero attached hydrogens (tertiary/aromatic N) is 3. The van der Waals surface area contributed by atoms with Gasteiger partial charge in [-0.25, -0.2) is 4.57 Å². The molecule has 0 saturated heterocycles. The van der Waals surface area contributed by atoms with E-state index in [1.807, 2.05) is 6.33 Å². The van der Waals surface area contributed by atoms with Crippen LogP contribution in [0.15, 0.2) is 48.8 Å². The van der Waals surface area contributed by atoms with Crippen molar-refractivity contribution < 1.29 is 4.57 Å². The summed E-state index contributed by atoms with van der Waals surface area (Å²) in [6.45, 7) is 7.10. The van der Waals surface area contributed by atoms with Crippen molar-refractivity contribution in [3.8, 4) is 11.3 Å². The molecule has 0 bridgehead atoms. The fraction of sp³-hybridized carbons (Fsp3) is 0.379. The van der Waals surface area contributed by atoms with Gasteiger partial charge in [-0.2, -0.15) is 0 Å². The Hall–Kier alpha value is -2.94. The van der Waals surface area contributed by atoms with E-state index in [-0.39, 0.29) is 0 Å². The number of rotatable bonds is 1. The minimum absolute atomic E-state index is 0.481. The van der Waals surface area contributed by atoms with Gasteiger partial charge in [0, 0.05) is 12.6 Å². The fourth-order valence-corrected chi connectivity index (χ4v) is 6.10. The molecule has 1 saturated carbocycles. The summed E-state index contributed by atoms with van der Waals surface area (Å²) < 4.78 is 2.21. The summed E-state index contributed by atoms with van der Waals surface area (Å²) in [4.78, 5) is 7.31. The van der Waals surface area contributed by atoms with Crippen LogP contribution < -0.4 is 9.47 Å². The number of benzene rings is 3. The van der Waals surface area contributed by atoms with Crippen LogP contribution in [0.3, 0.4) is 0 Å². The Morgan fingerprint density at radius 1 is 1.03 bits per heavy atom. The van der Waals surface area contributed by atoms with Crippen molar-refractivity contribution in [2.45, 2.75) is 52.4 Å². The second kappa shape index (κ2) is 6.78. The molecule has 32 heavy (non-hydrogen) atoms. The Labute approximate surface area is 190 Å². The second-order valence-electron chi connectivity index (χ2n) is 10.8. The van der Waals surface area contributed by atoms with E-state index < -0.39 is 0 Å². The molecule has 1 aliphatic heterocycles. The molecule has 162 valence electrons. The quantitative estimate of drug-likeness (QED) is 0.309. The van der Waals surface area contributed by atoms with Crippen molar-refractivity contribution in [1.29, 1.82) is 0 Å². The monoisotopic (exact) mass is 422 g/mol. The normalized spacial score (nSPS) is 17.7. The zero-order chi connectivity index (χ0) is 22.2. The highest BCUT2D eigenvalue weighted by Crippen LogP contribution is 2.50. The van der Waals surface area contributed by atoms with Crippen LogP contribution in [-0.4, -0.2) is 12.0 Å². The van der Waals surface area contributed by atoms with Crippen molar-refractivity contribution in [3.05, 3.63) is 59.9 Å². The lowest BCUT2D eigenvalue weighted by Gasteiger charge is -2.35. The highest BCUT2D eigenvalue weighted by Gasteiger charge is 2.33. The van der Waals surface area contributed by atoms with E-state index in [1.165, 1.54) is 75.6 Å². The number of anilines is 2. The molecule has 0 N–H and O–H groups in total. The lowest BCUT2D eigenvalue weighted by molar-refractivity contribution is -0.662. The summed E-state index contributed by atoms with van der Waals surface area (Å²) in [5, 5.41) is 3.91. The van der Waals surface area contributed by atoms with Gasteiger partial charge < -0.3 is 4.90 Å². The van der Waals surface area contributed by atoms with Crippen LogP contribution in [0.1, 0.15) is 56.6 Å². The van der Waals surface area contributed by atoms with Gasteiger partial charge in [0.1, 0.15) is 5.69 Å². The molecule has 2 heterocycles. The molecule has 0 atom stereocenters. The number of aryl methyl sites for hydroxylation is 2. The maximum absolute atomic E-state index is 4.90. The molecule has 0 amide bonds. The van der Waals surface area contributed by atoms with Gasteiger partial charge in [0.25, 0.3) is 6.33 Å². The van der Waals surface area contributed by atoms with E-state index in [0.717, 1.165) is 5.52 Å². The Balaban J connectivity index is 1.61. The van der Waals surface area contributed by atoms with E-state index in [9.17, 15) is 0 Å². The van der Waals surface area contributed by atoms with Gasteiger partial charge in [-0.1, -0.05) is 38.1 Å². The van der Waals surface area contributed by atoms with E-state index in [4.69, 9.17) is 4.98 Å². The lowest BCUT2D eigenvalue weighted by Crippen LogP contribution is -2.34. The first kappa shape index (κ1) is 19.7. The van der Waals surface area contributed by atoms with E-state index in [1.54, 1.807) is 0 Å².